The Morgan fingerprint density at radius 2 is 1.32 bits per heavy atom. The third-order valence-electron chi connectivity index (χ3n) is 3.03. The molecule has 25 heavy (non-hydrogen) atoms. The van der Waals surface area contributed by atoms with Crippen LogP contribution in [0.1, 0.15) is 27.7 Å². The van der Waals surface area contributed by atoms with Crippen molar-refractivity contribution in [3.8, 4) is 0 Å². The van der Waals surface area contributed by atoms with Gasteiger partial charge in [0, 0.05) is 27.7 Å². The summed E-state index contributed by atoms with van der Waals surface area (Å²) in [4.78, 5) is 48.6. The third-order valence-corrected chi connectivity index (χ3v) is 3.03. The molecule has 0 aromatic heterocycles. The van der Waals surface area contributed by atoms with E-state index in [1.807, 2.05) is 0 Å². The quantitative estimate of drug-likeness (QED) is 0.467. The van der Waals surface area contributed by atoms with Crippen molar-refractivity contribution in [3.63, 3.8) is 0 Å². The molecule has 11 heteroatoms. The Balaban J connectivity index is 3.16. The van der Waals surface area contributed by atoms with Gasteiger partial charge in [0.15, 0.2) is 12.2 Å². The average Bonchev–Trinajstić information content (AvgIpc) is 2.46. The molecule has 0 aliphatic carbocycles. The first-order valence-corrected chi connectivity index (χ1v) is 7.23. The molecule has 1 saturated heterocycles. The maximum absolute atomic E-state index is 13.0. The molecule has 1 aliphatic heterocycles. The first-order chi connectivity index (χ1) is 11.6. The summed E-state index contributed by atoms with van der Waals surface area (Å²) in [6.45, 7) is 3.85. The van der Waals surface area contributed by atoms with Gasteiger partial charge in [-0.3, -0.25) is 19.2 Å². The van der Waals surface area contributed by atoms with E-state index in [1.54, 1.807) is 0 Å². The molecule has 1 fully saturated rings. The zero-order valence-corrected chi connectivity index (χ0v) is 14.1. The van der Waals surface area contributed by atoms with E-state index < -0.39 is 61.2 Å². The van der Waals surface area contributed by atoms with Gasteiger partial charge in [0.2, 0.25) is 12.4 Å². The molecule has 0 bridgehead atoms. The summed E-state index contributed by atoms with van der Waals surface area (Å²) in [5.74, 6) is -3.12. The molecule has 5 atom stereocenters. The lowest BCUT2D eigenvalue weighted by Crippen LogP contribution is -2.62. The van der Waals surface area contributed by atoms with Crippen LogP contribution in [0.5, 0.6) is 0 Å². The summed E-state index contributed by atoms with van der Waals surface area (Å²) in [6, 6.07) is 0. The molecule has 0 amide bonds. The van der Waals surface area contributed by atoms with Gasteiger partial charge in [-0.15, -0.1) is 0 Å². The number of ether oxygens (including phenoxy) is 5. The normalized spacial score (nSPS) is 28.6. The van der Waals surface area contributed by atoms with E-state index in [0.29, 0.717) is 0 Å². The van der Waals surface area contributed by atoms with Crippen LogP contribution in [0.3, 0.4) is 0 Å². The molecule has 1 heterocycles. The highest BCUT2D eigenvalue weighted by atomic mass is 19.3. The largest absolute Gasteiger partial charge is 0.463 e. The van der Waals surface area contributed by atoms with Crippen LogP contribution in [-0.4, -0.2) is 61.2 Å². The molecular weight excluding hydrogens is 347 g/mol. The van der Waals surface area contributed by atoms with Gasteiger partial charge in [0.05, 0.1) is 0 Å². The molecule has 1 rings (SSSR count). The Hall–Kier alpha value is -2.27. The van der Waals surface area contributed by atoms with Crippen LogP contribution in [0.15, 0.2) is 0 Å². The van der Waals surface area contributed by atoms with Gasteiger partial charge >= 0.3 is 23.9 Å². The van der Waals surface area contributed by atoms with Crippen molar-refractivity contribution in [2.75, 3.05) is 6.61 Å². The SMILES string of the molecule is CC(=O)OC[C@H]1O[C@@H](OC(C)=O)[C@@H](OF)[C@@H](OC(C)=O)[C@@H]1OC(C)=O. The fourth-order valence-electron chi connectivity index (χ4n) is 2.23. The predicted molar refractivity (Wildman–Crippen MR) is 74.1 cm³/mol. The number of hydrogen-bond donors (Lipinski definition) is 0. The van der Waals surface area contributed by atoms with E-state index >= 15 is 0 Å². The van der Waals surface area contributed by atoms with Crippen molar-refractivity contribution in [1.29, 1.82) is 0 Å². The summed E-state index contributed by atoms with van der Waals surface area (Å²) >= 11 is 0. The second-order valence-corrected chi connectivity index (χ2v) is 5.16. The summed E-state index contributed by atoms with van der Waals surface area (Å²) in [7, 11) is 0. The number of carbonyl (C=O) groups is 4. The van der Waals surface area contributed by atoms with Crippen molar-refractivity contribution < 1.29 is 52.3 Å². The summed E-state index contributed by atoms with van der Waals surface area (Å²) in [5.41, 5.74) is 0. The molecule has 0 spiro atoms. The molecule has 0 aromatic rings. The maximum Gasteiger partial charge on any atom is 0.305 e. The Kier molecular flexibility index (Phi) is 7.71. The number of halogens is 1. The Morgan fingerprint density at radius 1 is 0.800 bits per heavy atom. The van der Waals surface area contributed by atoms with Crippen LogP contribution in [0, 0.1) is 0 Å². The van der Waals surface area contributed by atoms with E-state index in [4.69, 9.17) is 23.7 Å². The van der Waals surface area contributed by atoms with Gasteiger partial charge in [0.1, 0.15) is 12.7 Å². The highest BCUT2D eigenvalue weighted by molar-refractivity contribution is 5.68. The molecule has 0 unspecified atom stereocenters. The smallest absolute Gasteiger partial charge is 0.305 e. The zero-order chi connectivity index (χ0) is 19.1. The fraction of sp³-hybridized carbons (Fsp3) is 0.714. The van der Waals surface area contributed by atoms with Crippen LogP contribution >= 0.6 is 0 Å². The second-order valence-electron chi connectivity index (χ2n) is 5.16. The van der Waals surface area contributed by atoms with Crippen LogP contribution in [0.4, 0.5) is 4.53 Å². The highest BCUT2D eigenvalue weighted by Gasteiger charge is 2.53. The molecule has 0 N–H and O–H groups in total. The molecule has 0 aromatic carbocycles. The van der Waals surface area contributed by atoms with Crippen LogP contribution in [-0.2, 0) is 47.8 Å². The molecule has 0 radical (unpaired) electrons. The first-order valence-electron chi connectivity index (χ1n) is 7.23. The average molecular weight is 366 g/mol. The fourth-order valence-corrected chi connectivity index (χ4v) is 2.23. The highest BCUT2D eigenvalue weighted by Crippen LogP contribution is 2.29. The topological polar surface area (TPSA) is 124 Å². The number of rotatable bonds is 6. The summed E-state index contributed by atoms with van der Waals surface area (Å²) in [6.07, 6.45) is -7.42. The van der Waals surface area contributed by atoms with E-state index in [1.165, 1.54) is 0 Å². The molecule has 10 nitrogen and oxygen atoms in total. The van der Waals surface area contributed by atoms with Crippen LogP contribution in [0.2, 0.25) is 0 Å². The van der Waals surface area contributed by atoms with Crippen molar-refractivity contribution in [1.82, 2.24) is 0 Å². The monoisotopic (exact) mass is 366 g/mol. The van der Waals surface area contributed by atoms with Gasteiger partial charge < -0.3 is 23.7 Å². The van der Waals surface area contributed by atoms with Gasteiger partial charge in [-0.1, -0.05) is 0 Å². The Labute approximate surface area is 142 Å². The predicted octanol–water partition coefficient (Wildman–Crippen LogP) is -0.0294. The van der Waals surface area contributed by atoms with E-state index in [-0.39, 0.29) is 0 Å². The number of hydrogen-bond acceptors (Lipinski definition) is 10. The molecule has 0 saturated carbocycles. The minimum absolute atomic E-state index is 0.429. The summed E-state index contributed by atoms with van der Waals surface area (Å²) < 4.78 is 37.9. The number of esters is 4. The van der Waals surface area contributed by atoms with Gasteiger partial charge in [-0.2, -0.15) is 4.94 Å². The van der Waals surface area contributed by atoms with E-state index in [9.17, 15) is 23.7 Å². The minimum Gasteiger partial charge on any atom is -0.463 e. The lowest BCUT2D eigenvalue weighted by molar-refractivity contribution is -0.345. The first kappa shape index (κ1) is 20.8. The van der Waals surface area contributed by atoms with E-state index in [0.717, 1.165) is 27.7 Å². The van der Waals surface area contributed by atoms with Gasteiger partial charge in [-0.25, -0.2) is 0 Å². The minimum atomic E-state index is -1.72. The van der Waals surface area contributed by atoms with Crippen LogP contribution in [0.25, 0.3) is 0 Å². The third kappa shape index (κ3) is 6.27. The van der Waals surface area contributed by atoms with Crippen molar-refractivity contribution >= 4 is 23.9 Å². The van der Waals surface area contributed by atoms with Gasteiger partial charge in [0.25, 0.3) is 0 Å². The zero-order valence-electron chi connectivity index (χ0n) is 14.1. The molecule has 142 valence electrons. The summed E-state index contributed by atoms with van der Waals surface area (Å²) in [5, 5.41) is 0. The van der Waals surface area contributed by atoms with Crippen LogP contribution < -0.4 is 0 Å². The van der Waals surface area contributed by atoms with Crippen molar-refractivity contribution in [3.05, 3.63) is 0 Å². The van der Waals surface area contributed by atoms with Crippen molar-refractivity contribution in [2.24, 2.45) is 0 Å². The van der Waals surface area contributed by atoms with E-state index in [2.05, 4.69) is 4.94 Å². The maximum atomic E-state index is 13.0. The Bertz CT molecular complexity index is 522. The van der Waals surface area contributed by atoms with Gasteiger partial charge in [-0.05, 0) is 4.53 Å². The molecule has 1 aliphatic rings. The second kappa shape index (κ2) is 9.28. The standard InChI is InChI=1S/C14H19FO10/c1-6(16)20-5-10-11(21-7(2)17)12(22-8(3)18)13(25-15)14(24-10)23-9(4)19/h10-14H,5H2,1-4H3/t10-,11-,12+,13+,14-/m1/s1. The number of carbonyl (C=O) groups excluding carboxylic acids is 4. The molecular formula is C14H19FO10. The lowest BCUT2D eigenvalue weighted by Gasteiger charge is -2.42. The van der Waals surface area contributed by atoms with Crippen molar-refractivity contribution in [2.45, 2.75) is 58.4 Å². The lowest BCUT2D eigenvalue weighted by atomic mass is 9.98. The Morgan fingerprint density at radius 3 is 1.76 bits per heavy atom.